The van der Waals surface area contributed by atoms with E-state index in [1.807, 2.05) is 30.3 Å². The summed E-state index contributed by atoms with van der Waals surface area (Å²) in [5.41, 5.74) is 7.08. The fourth-order valence-electron chi connectivity index (χ4n) is 2.68. The molecule has 29 heavy (non-hydrogen) atoms. The highest BCUT2D eigenvalue weighted by molar-refractivity contribution is 7.91. The van der Waals surface area contributed by atoms with Gasteiger partial charge in [-0.1, -0.05) is 42.5 Å². The van der Waals surface area contributed by atoms with Gasteiger partial charge in [0.05, 0.1) is 22.8 Å². The normalized spacial score (nSPS) is 13.5. The third-order valence-corrected chi connectivity index (χ3v) is 5.97. The van der Waals surface area contributed by atoms with Gasteiger partial charge in [-0.3, -0.25) is 0 Å². The van der Waals surface area contributed by atoms with Crippen LogP contribution in [0.5, 0.6) is 0 Å². The highest BCUT2D eigenvalue weighted by Gasteiger charge is 2.21. The minimum absolute atomic E-state index is 0.0874. The van der Waals surface area contributed by atoms with Crippen molar-refractivity contribution in [2.45, 2.75) is 23.6 Å². The van der Waals surface area contributed by atoms with Crippen LogP contribution in [-0.2, 0) is 25.9 Å². The summed E-state index contributed by atoms with van der Waals surface area (Å²) in [6.45, 7) is -0.752. The molecule has 3 N–H and O–H groups in total. The number of alkyl halides is 1. The minimum Gasteiger partial charge on any atom is -0.445 e. The molecule has 2 rings (SSSR count). The SMILES string of the molecule is CO[C@H](c1ccc(S(=O)(=O)CCNC(=O)OCc2ccccc2)cc1)[C@H](N)CF. The van der Waals surface area contributed by atoms with E-state index in [4.69, 9.17) is 15.2 Å². The van der Waals surface area contributed by atoms with Crippen molar-refractivity contribution in [2.75, 3.05) is 26.1 Å². The molecule has 9 heteroatoms. The average Bonchev–Trinajstić information content (AvgIpc) is 2.73. The first-order valence-corrected chi connectivity index (χ1v) is 10.6. The minimum atomic E-state index is -3.61. The summed E-state index contributed by atoms with van der Waals surface area (Å²) in [5, 5.41) is 2.42. The van der Waals surface area contributed by atoms with Crippen LogP contribution in [0, 0.1) is 0 Å². The molecule has 2 aromatic rings. The Morgan fingerprint density at radius 2 is 1.79 bits per heavy atom. The molecule has 7 nitrogen and oxygen atoms in total. The van der Waals surface area contributed by atoms with E-state index >= 15 is 0 Å². The number of rotatable bonds is 10. The van der Waals surface area contributed by atoms with Crippen LogP contribution in [0.15, 0.2) is 59.5 Å². The van der Waals surface area contributed by atoms with Gasteiger partial charge in [0.2, 0.25) is 0 Å². The van der Waals surface area contributed by atoms with Gasteiger partial charge < -0.3 is 20.5 Å². The summed E-state index contributed by atoms with van der Waals surface area (Å²) in [7, 11) is -2.20. The number of benzene rings is 2. The Bertz CT molecular complexity index is 876. The van der Waals surface area contributed by atoms with Crippen molar-refractivity contribution in [1.29, 1.82) is 0 Å². The largest absolute Gasteiger partial charge is 0.445 e. The van der Waals surface area contributed by atoms with Gasteiger partial charge in [-0.25, -0.2) is 17.6 Å². The monoisotopic (exact) mass is 424 g/mol. The second-order valence-corrected chi connectivity index (χ2v) is 8.46. The smallest absolute Gasteiger partial charge is 0.407 e. The number of hydrogen-bond donors (Lipinski definition) is 2. The number of sulfone groups is 1. The van der Waals surface area contributed by atoms with E-state index in [2.05, 4.69) is 5.32 Å². The number of nitrogens with one attached hydrogen (secondary N) is 1. The van der Waals surface area contributed by atoms with Gasteiger partial charge in [0.25, 0.3) is 0 Å². The molecule has 0 bridgehead atoms. The van der Waals surface area contributed by atoms with E-state index in [0.29, 0.717) is 5.56 Å². The molecule has 0 aliphatic heterocycles. The average molecular weight is 424 g/mol. The number of alkyl carbamates (subject to hydrolysis) is 1. The van der Waals surface area contributed by atoms with Crippen LogP contribution in [-0.4, -0.2) is 46.6 Å². The van der Waals surface area contributed by atoms with Crippen molar-refractivity contribution < 1.29 is 27.1 Å². The third-order valence-electron chi connectivity index (χ3n) is 4.24. The fourth-order valence-corrected chi connectivity index (χ4v) is 3.84. The Kier molecular flexibility index (Phi) is 8.56. The van der Waals surface area contributed by atoms with Crippen LogP contribution in [0.25, 0.3) is 0 Å². The number of hydrogen-bond acceptors (Lipinski definition) is 6. The number of nitrogens with two attached hydrogens (primary N) is 1. The van der Waals surface area contributed by atoms with E-state index in [0.717, 1.165) is 5.56 Å². The van der Waals surface area contributed by atoms with Crippen LogP contribution in [0.3, 0.4) is 0 Å². The Hall–Kier alpha value is -2.49. The predicted molar refractivity (Wildman–Crippen MR) is 107 cm³/mol. The Morgan fingerprint density at radius 3 is 2.38 bits per heavy atom. The first-order chi connectivity index (χ1) is 13.9. The molecule has 2 atom stereocenters. The zero-order valence-electron chi connectivity index (χ0n) is 16.1. The first-order valence-electron chi connectivity index (χ1n) is 8.99. The van der Waals surface area contributed by atoms with Crippen molar-refractivity contribution in [3.63, 3.8) is 0 Å². The third kappa shape index (κ3) is 6.81. The maximum absolute atomic E-state index is 12.8. The van der Waals surface area contributed by atoms with Gasteiger partial charge in [-0.2, -0.15) is 0 Å². The van der Waals surface area contributed by atoms with Crippen LogP contribution in [0.4, 0.5) is 9.18 Å². The second kappa shape index (κ2) is 10.9. The lowest BCUT2D eigenvalue weighted by Gasteiger charge is -2.20. The van der Waals surface area contributed by atoms with Crippen molar-refractivity contribution in [2.24, 2.45) is 5.73 Å². The number of amides is 1. The van der Waals surface area contributed by atoms with Gasteiger partial charge in [0.15, 0.2) is 9.84 Å². The number of ether oxygens (including phenoxy) is 2. The predicted octanol–water partition coefficient (Wildman–Crippen LogP) is 2.37. The lowest BCUT2D eigenvalue weighted by Crippen LogP contribution is -2.31. The standard InChI is InChI=1S/C20H25FN2O5S/c1-27-19(18(22)13-21)16-7-9-17(10-8-16)29(25,26)12-11-23-20(24)28-14-15-5-3-2-4-6-15/h2-10,18-19H,11-14,22H2,1H3,(H,23,24)/t18-,19-/m1/s1. The summed E-state index contributed by atoms with van der Waals surface area (Å²) in [4.78, 5) is 11.8. The summed E-state index contributed by atoms with van der Waals surface area (Å²) in [6.07, 6.45) is -1.36. The first kappa shape index (κ1) is 22.8. The Balaban J connectivity index is 1.86. The molecule has 0 radical (unpaired) electrons. The molecular weight excluding hydrogens is 399 g/mol. The van der Waals surface area contributed by atoms with E-state index in [-0.39, 0.29) is 23.8 Å². The maximum Gasteiger partial charge on any atom is 0.407 e. The quantitative estimate of drug-likeness (QED) is 0.606. The zero-order chi connectivity index (χ0) is 21.3. The molecule has 0 heterocycles. The van der Waals surface area contributed by atoms with Gasteiger partial charge >= 0.3 is 6.09 Å². The lowest BCUT2D eigenvalue weighted by molar-refractivity contribution is 0.0720. The van der Waals surface area contributed by atoms with Crippen LogP contribution in [0.2, 0.25) is 0 Å². The number of halogens is 1. The van der Waals surface area contributed by atoms with Crippen LogP contribution < -0.4 is 11.1 Å². The second-order valence-electron chi connectivity index (χ2n) is 6.35. The molecule has 0 unspecified atom stereocenters. The Labute approximate surface area is 169 Å². The zero-order valence-corrected chi connectivity index (χ0v) is 16.9. The molecule has 0 aliphatic rings. The van der Waals surface area contributed by atoms with Gasteiger partial charge in [-0.15, -0.1) is 0 Å². The van der Waals surface area contributed by atoms with Gasteiger partial charge in [0.1, 0.15) is 13.3 Å². The molecule has 158 valence electrons. The van der Waals surface area contributed by atoms with Crippen LogP contribution in [0.1, 0.15) is 17.2 Å². The van der Waals surface area contributed by atoms with Crippen molar-refractivity contribution in [3.05, 3.63) is 65.7 Å². The topological polar surface area (TPSA) is 108 Å². The summed E-state index contributed by atoms with van der Waals surface area (Å²) >= 11 is 0. The molecular formula is C20H25FN2O5S. The fraction of sp³-hybridized carbons (Fsp3) is 0.350. The summed E-state index contributed by atoms with van der Waals surface area (Å²) in [6, 6.07) is 14.2. The van der Waals surface area contributed by atoms with Crippen molar-refractivity contribution >= 4 is 15.9 Å². The molecule has 0 spiro atoms. The van der Waals surface area contributed by atoms with Crippen LogP contribution >= 0.6 is 0 Å². The molecule has 0 saturated carbocycles. The van der Waals surface area contributed by atoms with E-state index < -0.39 is 34.8 Å². The van der Waals surface area contributed by atoms with E-state index in [9.17, 15) is 17.6 Å². The highest BCUT2D eigenvalue weighted by Crippen LogP contribution is 2.22. The molecule has 0 aliphatic carbocycles. The molecule has 0 saturated heterocycles. The highest BCUT2D eigenvalue weighted by atomic mass is 32.2. The molecule has 0 fully saturated rings. The summed E-state index contributed by atoms with van der Waals surface area (Å²) in [5.74, 6) is -0.287. The molecule has 1 amide bonds. The van der Waals surface area contributed by atoms with Gasteiger partial charge in [0, 0.05) is 13.7 Å². The maximum atomic E-state index is 12.8. The molecule has 2 aromatic carbocycles. The van der Waals surface area contributed by atoms with E-state index in [1.165, 1.54) is 31.4 Å². The summed E-state index contributed by atoms with van der Waals surface area (Å²) < 4.78 is 47.9. The lowest BCUT2D eigenvalue weighted by atomic mass is 10.0. The molecule has 0 aromatic heterocycles. The number of carbonyl (C=O) groups excluding carboxylic acids is 1. The number of methoxy groups -OCH3 is 1. The Morgan fingerprint density at radius 1 is 1.14 bits per heavy atom. The van der Waals surface area contributed by atoms with Crippen molar-refractivity contribution in [1.82, 2.24) is 5.32 Å². The van der Waals surface area contributed by atoms with Gasteiger partial charge in [-0.05, 0) is 23.3 Å². The van der Waals surface area contributed by atoms with E-state index in [1.54, 1.807) is 0 Å². The van der Waals surface area contributed by atoms with Crippen molar-refractivity contribution in [3.8, 4) is 0 Å². The number of carbonyl (C=O) groups is 1.